The largest absolute Gasteiger partial charge is 0.0590 e. The first-order chi connectivity index (χ1) is 7.66. The van der Waals surface area contributed by atoms with Crippen molar-refractivity contribution in [3.8, 4) is 0 Å². The summed E-state index contributed by atoms with van der Waals surface area (Å²) in [6.07, 6.45) is 0. The highest BCUT2D eigenvalue weighted by Crippen LogP contribution is 2.24. The van der Waals surface area contributed by atoms with Crippen molar-refractivity contribution in [2.45, 2.75) is 19.8 Å². The van der Waals surface area contributed by atoms with Crippen molar-refractivity contribution in [3.63, 3.8) is 0 Å². The summed E-state index contributed by atoms with van der Waals surface area (Å²) in [5.74, 6) is 0.470. The maximum Gasteiger partial charge on any atom is 0.0130 e. The van der Waals surface area contributed by atoms with Gasteiger partial charge in [0.15, 0.2) is 0 Å². The highest BCUT2D eigenvalue weighted by molar-refractivity contribution is 14.1. The monoisotopic (exact) mass is 322 g/mol. The second kappa shape index (κ2) is 5.00. The first-order valence-electron chi connectivity index (χ1n) is 5.49. The van der Waals surface area contributed by atoms with Gasteiger partial charge in [0.1, 0.15) is 0 Å². The van der Waals surface area contributed by atoms with Crippen LogP contribution < -0.4 is 0 Å². The van der Waals surface area contributed by atoms with Gasteiger partial charge in [-0.15, -0.1) is 0 Å². The molecule has 0 aliphatic carbocycles. The highest BCUT2D eigenvalue weighted by atomic mass is 127. The van der Waals surface area contributed by atoms with Gasteiger partial charge in [-0.2, -0.15) is 0 Å². The van der Waals surface area contributed by atoms with Crippen molar-refractivity contribution in [2.75, 3.05) is 0 Å². The van der Waals surface area contributed by atoms with Gasteiger partial charge in [-0.25, -0.2) is 0 Å². The molecule has 1 heteroatoms. The van der Waals surface area contributed by atoms with Crippen molar-refractivity contribution < 1.29 is 0 Å². The average Bonchev–Trinajstić information content (AvgIpc) is 2.30. The summed E-state index contributed by atoms with van der Waals surface area (Å²) in [5, 5.41) is 0. The normalized spacial score (nSPS) is 12.4. The molecule has 0 N–H and O–H groups in total. The Morgan fingerprint density at radius 3 is 1.75 bits per heavy atom. The maximum absolute atomic E-state index is 2.34. The van der Waals surface area contributed by atoms with Gasteiger partial charge in [0.25, 0.3) is 0 Å². The summed E-state index contributed by atoms with van der Waals surface area (Å²) < 4.78 is 1.29. The Labute approximate surface area is 111 Å². The van der Waals surface area contributed by atoms with Crippen LogP contribution in [0.4, 0.5) is 0 Å². The predicted molar refractivity (Wildman–Crippen MR) is 77.9 cm³/mol. The van der Waals surface area contributed by atoms with Crippen LogP contribution in [-0.4, -0.2) is 0 Å². The zero-order valence-electron chi connectivity index (χ0n) is 9.57. The predicted octanol–water partition coefficient (Wildman–Crippen LogP) is 4.75. The molecule has 0 heterocycles. The molecule has 0 fully saturated rings. The molecule has 0 saturated heterocycles. The van der Waals surface area contributed by atoms with Crippen LogP contribution in [0.1, 0.15) is 29.5 Å². The Kier molecular flexibility index (Phi) is 3.64. The second-order valence-corrected chi connectivity index (χ2v) is 5.43. The summed E-state index contributed by atoms with van der Waals surface area (Å²) in [5.41, 5.74) is 4.08. The minimum absolute atomic E-state index is 0.470. The van der Waals surface area contributed by atoms with Crippen LogP contribution in [0.5, 0.6) is 0 Å². The number of hydrogen-bond donors (Lipinski definition) is 0. The van der Waals surface area contributed by atoms with Gasteiger partial charge >= 0.3 is 0 Å². The van der Waals surface area contributed by atoms with Gasteiger partial charge < -0.3 is 0 Å². The van der Waals surface area contributed by atoms with E-state index in [0.717, 1.165) is 0 Å². The lowest BCUT2D eigenvalue weighted by atomic mass is 9.93. The van der Waals surface area contributed by atoms with E-state index in [9.17, 15) is 0 Å². The van der Waals surface area contributed by atoms with E-state index in [4.69, 9.17) is 0 Å². The quantitative estimate of drug-likeness (QED) is 0.700. The molecule has 0 aromatic heterocycles. The van der Waals surface area contributed by atoms with Gasteiger partial charge in [0, 0.05) is 9.49 Å². The maximum atomic E-state index is 2.34. The van der Waals surface area contributed by atoms with E-state index < -0.39 is 0 Å². The molecule has 2 aromatic rings. The van der Waals surface area contributed by atoms with E-state index in [0.29, 0.717) is 5.92 Å². The molecule has 0 nitrogen and oxygen atoms in total. The minimum Gasteiger partial charge on any atom is -0.0590 e. The zero-order chi connectivity index (χ0) is 11.5. The van der Waals surface area contributed by atoms with Crippen molar-refractivity contribution in [1.29, 1.82) is 0 Å². The summed E-state index contributed by atoms with van der Waals surface area (Å²) in [7, 11) is 0. The van der Waals surface area contributed by atoms with Gasteiger partial charge in [-0.1, -0.05) is 48.9 Å². The third-order valence-electron chi connectivity index (χ3n) is 2.95. The molecule has 2 aromatic carbocycles. The summed E-state index contributed by atoms with van der Waals surface area (Å²) >= 11 is 2.34. The molecule has 82 valence electrons. The molecule has 1 unspecified atom stereocenters. The fourth-order valence-corrected chi connectivity index (χ4v) is 2.16. The molecule has 1 atom stereocenters. The van der Waals surface area contributed by atoms with Crippen LogP contribution in [0.3, 0.4) is 0 Å². The lowest BCUT2D eigenvalue weighted by Crippen LogP contribution is -1.95. The fourth-order valence-electron chi connectivity index (χ4n) is 1.80. The van der Waals surface area contributed by atoms with Crippen LogP contribution in [0.25, 0.3) is 0 Å². The van der Waals surface area contributed by atoms with Gasteiger partial charge in [0.2, 0.25) is 0 Å². The molecule has 0 bridgehead atoms. The Bertz CT molecular complexity index is 408. The minimum atomic E-state index is 0.470. The molecular weight excluding hydrogens is 307 g/mol. The molecule has 0 radical (unpaired) electrons. The van der Waals surface area contributed by atoms with Gasteiger partial charge in [-0.05, 0) is 52.8 Å². The van der Waals surface area contributed by atoms with Gasteiger partial charge in [-0.3, -0.25) is 0 Å². The van der Waals surface area contributed by atoms with Crippen LogP contribution in [0.2, 0.25) is 0 Å². The smallest absolute Gasteiger partial charge is 0.0130 e. The van der Waals surface area contributed by atoms with E-state index in [-0.39, 0.29) is 0 Å². The lowest BCUT2D eigenvalue weighted by molar-refractivity contribution is 0.921. The highest BCUT2D eigenvalue weighted by Gasteiger charge is 2.07. The zero-order valence-corrected chi connectivity index (χ0v) is 11.7. The molecular formula is C15H15I. The fraction of sp³-hybridized carbons (Fsp3) is 0.200. The molecule has 0 amide bonds. The van der Waals surface area contributed by atoms with Crippen LogP contribution in [0.15, 0.2) is 48.5 Å². The second-order valence-electron chi connectivity index (χ2n) is 4.18. The lowest BCUT2D eigenvalue weighted by Gasteiger charge is -2.12. The summed E-state index contributed by atoms with van der Waals surface area (Å²) in [4.78, 5) is 0. The average molecular weight is 322 g/mol. The van der Waals surface area contributed by atoms with Crippen LogP contribution in [0, 0.1) is 10.5 Å². The van der Waals surface area contributed by atoms with Crippen LogP contribution >= 0.6 is 22.6 Å². The third kappa shape index (κ3) is 2.64. The molecule has 0 aliphatic rings. The SMILES string of the molecule is Cc1ccc(C(C)c2ccc(I)cc2)cc1. The third-order valence-corrected chi connectivity index (χ3v) is 3.67. The molecule has 0 spiro atoms. The standard InChI is InChI=1S/C15H15I/c1-11-3-5-13(6-4-11)12(2)14-7-9-15(16)10-8-14/h3-10,12H,1-2H3. The first kappa shape index (κ1) is 11.6. The number of hydrogen-bond acceptors (Lipinski definition) is 0. The Morgan fingerprint density at radius 1 is 0.812 bits per heavy atom. The number of benzene rings is 2. The van der Waals surface area contributed by atoms with E-state index in [1.807, 2.05) is 0 Å². The number of rotatable bonds is 2. The summed E-state index contributed by atoms with van der Waals surface area (Å²) in [6, 6.07) is 17.6. The molecule has 16 heavy (non-hydrogen) atoms. The van der Waals surface area contributed by atoms with Crippen molar-refractivity contribution >= 4 is 22.6 Å². The topological polar surface area (TPSA) is 0 Å². The molecule has 2 rings (SSSR count). The van der Waals surface area contributed by atoms with E-state index in [1.54, 1.807) is 0 Å². The number of halogens is 1. The number of aryl methyl sites for hydroxylation is 1. The Hall–Kier alpha value is -0.830. The molecule has 0 saturated carbocycles. The van der Waals surface area contributed by atoms with E-state index in [1.165, 1.54) is 20.3 Å². The summed E-state index contributed by atoms with van der Waals surface area (Å²) in [6.45, 7) is 4.38. The van der Waals surface area contributed by atoms with Crippen molar-refractivity contribution in [3.05, 3.63) is 68.8 Å². The van der Waals surface area contributed by atoms with Gasteiger partial charge in [0.05, 0.1) is 0 Å². The molecule has 0 aliphatic heterocycles. The van der Waals surface area contributed by atoms with E-state index >= 15 is 0 Å². The van der Waals surface area contributed by atoms with Crippen LogP contribution in [-0.2, 0) is 0 Å². The Balaban J connectivity index is 2.28. The first-order valence-corrected chi connectivity index (χ1v) is 6.57. The van der Waals surface area contributed by atoms with E-state index in [2.05, 4.69) is 85.0 Å². The van der Waals surface area contributed by atoms with Crippen molar-refractivity contribution in [1.82, 2.24) is 0 Å². The van der Waals surface area contributed by atoms with Crippen molar-refractivity contribution in [2.24, 2.45) is 0 Å². The Morgan fingerprint density at radius 2 is 1.25 bits per heavy atom.